The van der Waals surface area contributed by atoms with Gasteiger partial charge in [-0.1, -0.05) is 0 Å². The number of ether oxygens (including phenoxy) is 2. The summed E-state index contributed by atoms with van der Waals surface area (Å²) in [6.45, 7) is 5.57. The number of aromatic nitrogens is 1. The van der Waals surface area contributed by atoms with Crippen molar-refractivity contribution in [2.45, 2.75) is 38.0 Å². The molecule has 4 heterocycles. The quantitative estimate of drug-likeness (QED) is 0.840. The van der Waals surface area contributed by atoms with Crippen LogP contribution in [0.4, 0.5) is 4.79 Å². The molecule has 3 aliphatic rings. The maximum Gasteiger partial charge on any atom is 0.317 e. The first kappa shape index (κ1) is 18.2. The van der Waals surface area contributed by atoms with E-state index in [0.29, 0.717) is 57.8 Å². The van der Waals surface area contributed by atoms with Crippen LogP contribution in [0.15, 0.2) is 18.3 Å². The van der Waals surface area contributed by atoms with E-state index < -0.39 is 5.79 Å². The normalized spacial score (nSPS) is 24.4. The lowest BCUT2D eigenvalue weighted by Crippen LogP contribution is -2.52. The molecule has 0 saturated carbocycles. The number of urea groups is 1. The smallest absolute Gasteiger partial charge is 0.317 e. The average molecular weight is 374 g/mol. The maximum atomic E-state index is 12.6. The van der Waals surface area contributed by atoms with Crippen LogP contribution in [0.2, 0.25) is 0 Å². The summed E-state index contributed by atoms with van der Waals surface area (Å²) in [6.07, 6.45) is 3.79. The standard InChI is InChI=1S/C19H26N4O4/c1-14-2-3-15(12-20-14)17(24)23-7-4-16(13-23)21-18(25)22-8-5-19(6-9-22)26-10-11-27-19/h2-3,12,16H,4-11,13H2,1H3,(H,21,25)/t16-/m1/s1. The fourth-order valence-corrected chi connectivity index (χ4v) is 3.94. The summed E-state index contributed by atoms with van der Waals surface area (Å²) in [4.78, 5) is 32.9. The highest BCUT2D eigenvalue weighted by Crippen LogP contribution is 2.31. The second-order valence-corrected chi connectivity index (χ2v) is 7.47. The van der Waals surface area contributed by atoms with Crippen molar-refractivity contribution in [1.82, 2.24) is 20.1 Å². The fourth-order valence-electron chi connectivity index (χ4n) is 3.94. The molecule has 1 atom stereocenters. The van der Waals surface area contributed by atoms with Crippen molar-refractivity contribution < 1.29 is 19.1 Å². The molecule has 1 aromatic rings. The summed E-state index contributed by atoms with van der Waals surface area (Å²) in [5, 5.41) is 3.07. The summed E-state index contributed by atoms with van der Waals surface area (Å²) in [6, 6.07) is 3.55. The highest BCUT2D eigenvalue weighted by Gasteiger charge is 2.41. The van der Waals surface area contributed by atoms with Gasteiger partial charge in [-0.2, -0.15) is 0 Å². The number of carbonyl (C=O) groups is 2. The van der Waals surface area contributed by atoms with Crippen molar-refractivity contribution in [1.29, 1.82) is 0 Å². The lowest BCUT2D eigenvalue weighted by atomic mass is 10.0. The Balaban J connectivity index is 1.26. The first-order chi connectivity index (χ1) is 13.0. The highest BCUT2D eigenvalue weighted by atomic mass is 16.7. The van der Waals surface area contributed by atoms with Gasteiger partial charge in [0.1, 0.15) is 0 Å². The van der Waals surface area contributed by atoms with E-state index in [-0.39, 0.29) is 18.0 Å². The number of piperidine rings is 1. The van der Waals surface area contributed by atoms with Crippen molar-refractivity contribution in [3.8, 4) is 0 Å². The molecule has 1 aromatic heterocycles. The largest absolute Gasteiger partial charge is 0.347 e. The van der Waals surface area contributed by atoms with Crippen LogP contribution in [0.25, 0.3) is 0 Å². The first-order valence-electron chi connectivity index (χ1n) is 9.60. The Morgan fingerprint density at radius 3 is 2.56 bits per heavy atom. The molecule has 1 spiro atoms. The number of likely N-dealkylation sites (tertiary alicyclic amines) is 2. The van der Waals surface area contributed by atoms with Crippen molar-refractivity contribution in [3.05, 3.63) is 29.6 Å². The van der Waals surface area contributed by atoms with Crippen molar-refractivity contribution >= 4 is 11.9 Å². The second kappa shape index (κ2) is 7.44. The lowest BCUT2D eigenvalue weighted by molar-refractivity contribution is -0.181. The van der Waals surface area contributed by atoms with Crippen LogP contribution >= 0.6 is 0 Å². The van der Waals surface area contributed by atoms with Gasteiger partial charge in [0, 0.05) is 57.0 Å². The minimum atomic E-state index is -0.477. The van der Waals surface area contributed by atoms with Crippen LogP contribution in [-0.2, 0) is 9.47 Å². The first-order valence-corrected chi connectivity index (χ1v) is 9.60. The highest BCUT2D eigenvalue weighted by molar-refractivity contribution is 5.94. The number of rotatable bonds is 2. The fraction of sp³-hybridized carbons (Fsp3) is 0.632. The predicted molar refractivity (Wildman–Crippen MR) is 97.3 cm³/mol. The lowest BCUT2D eigenvalue weighted by Gasteiger charge is -2.37. The van der Waals surface area contributed by atoms with Gasteiger partial charge in [0.2, 0.25) is 0 Å². The molecule has 3 saturated heterocycles. The van der Waals surface area contributed by atoms with Crippen LogP contribution in [0, 0.1) is 6.92 Å². The van der Waals surface area contributed by atoms with Gasteiger partial charge in [-0.25, -0.2) is 4.79 Å². The minimum Gasteiger partial charge on any atom is -0.347 e. The van der Waals surface area contributed by atoms with Gasteiger partial charge in [0.05, 0.1) is 18.8 Å². The number of nitrogens with zero attached hydrogens (tertiary/aromatic N) is 3. The molecule has 27 heavy (non-hydrogen) atoms. The number of hydrogen-bond acceptors (Lipinski definition) is 5. The number of hydrogen-bond donors (Lipinski definition) is 1. The summed E-state index contributed by atoms with van der Waals surface area (Å²) in [5.74, 6) is -0.509. The average Bonchev–Trinajstić information content (AvgIpc) is 3.32. The minimum absolute atomic E-state index is 0.0188. The third-order valence-electron chi connectivity index (χ3n) is 5.59. The molecule has 3 aliphatic heterocycles. The molecular formula is C19H26N4O4. The van der Waals surface area contributed by atoms with Crippen LogP contribution in [0.5, 0.6) is 0 Å². The van der Waals surface area contributed by atoms with Gasteiger partial charge in [0.15, 0.2) is 5.79 Å². The predicted octanol–water partition coefficient (Wildman–Crippen LogP) is 1.15. The Labute approximate surface area is 158 Å². The summed E-state index contributed by atoms with van der Waals surface area (Å²) >= 11 is 0. The Hall–Kier alpha value is -2.19. The molecule has 0 aliphatic carbocycles. The van der Waals surface area contributed by atoms with Gasteiger partial charge in [-0.05, 0) is 25.5 Å². The van der Waals surface area contributed by atoms with Gasteiger partial charge in [-0.15, -0.1) is 0 Å². The summed E-state index contributed by atoms with van der Waals surface area (Å²) in [7, 11) is 0. The van der Waals surface area contributed by atoms with Gasteiger partial charge in [-0.3, -0.25) is 9.78 Å². The Kier molecular flexibility index (Phi) is 5.01. The van der Waals surface area contributed by atoms with Crippen molar-refractivity contribution in [2.75, 3.05) is 39.4 Å². The van der Waals surface area contributed by atoms with Crippen LogP contribution < -0.4 is 5.32 Å². The molecule has 8 nitrogen and oxygen atoms in total. The Morgan fingerprint density at radius 2 is 1.89 bits per heavy atom. The van der Waals surface area contributed by atoms with E-state index in [1.165, 1.54) is 0 Å². The second-order valence-electron chi connectivity index (χ2n) is 7.47. The Morgan fingerprint density at radius 1 is 1.15 bits per heavy atom. The molecule has 3 fully saturated rings. The molecule has 0 unspecified atom stereocenters. The van der Waals surface area contributed by atoms with Gasteiger partial charge < -0.3 is 24.6 Å². The van der Waals surface area contributed by atoms with Gasteiger partial charge in [0.25, 0.3) is 5.91 Å². The van der Waals surface area contributed by atoms with E-state index in [4.69, 9.17) is 9.47 Å². The maximum absolute atomic E-state index is 12.6. The van der Waals surface area contributed by atoms with E-state index in [9.17, 15) is 9.59 Å². The van der Waals surface area contributed by atoms with Gasteiger partial charge >= 0.3 is 6.03 Å². The molecule has 3 amide bonds. The van der Waals surface area contributed by atoms with Crippen LogP contribution in [0.3, 0.4) is 0 Å². The zero-order valence-corrected chi connectivity index (χ0v) is 15.6. The van der Waals surface area contributed by atoms with E-state index >= 15 is 0 Å². The van der Waals surface area contributed by atoms with E-state index in [2.05, 4.69) is 10.3 Å². The van der Waals surface area contributed by atoms with E-state index in [1.54, 1.807) is 17.2 Å². The number of carbonyl (C=O) groups excluding carboxylic acids is 2. The Bertz CT molecular complexity index is 692. The number of nitrogens with one attached hydrogen (secondary N) is 1. The molecule has 0 bridgehead atoms. The van der Waals surface area contributed by atoms with Crippen molar-refractivity contribution in [2.24, 2.45) is 0 Å². The van der Waals surface area contributed by atoms with E-state index in [0.717, 1.165) is 12.1 Å². The van der Waals surface area contributed by atoms with E-state index in [1.807, 2.05) is 17.9 Å². The van der Waals surface area contributed by atoms with Crippen molar-refractivity contribution in [3.63, 3.8) is 0 Å². The number of aryl methyl sites for hydroxylation is 1. The third kappa shape index (κ3) is 3.91. The summed E-state index contributed by atoms with van der Waals surface area (Å²) < 4.78 is 11.4. The zero-order valence-electron chi connectivity index (χ0n) is 15.6. The molecule has 0 aromatic carbocycles. The SMILES string of the molecule is Cc1ccc(C(=O)N2CC[C@@H](NC(=O)N3CCC4(CC3)OCCO4)C2)cn1. The molecular weight excluding hydrogens is 348 g/mol. The molecule has 0 radical (unpaired) electrons. The topological polar surface area (TPSA) is 84.0 Å². The van der Waals surface area contributed by atoms with Crippen LogP contribution in [-0.4, -0.2) is 77.9 Å². The monoisotopic (exact) mass is 374 g/mol. The molecule has 4 rings (SSSR count). The molecule has 8 heteroatoms. The molecule has 146 valence electrons. The number of pyridine rings is 1. The third-order valence-corrected chi connectivity index (χ3v) is 5.59. The zero-order chi connectivity index (χ0) is 18.9. The molecule has 1 N–H and O–H groups in total. The summed E-state index contributed by atoms with van der Waals surface area (Å²) in [5.41, 5.74) is 1.47. The van der Waals surface area contributed by atoms with Crippen LogP contribution in [0.1, 0.15) is 35.3 Å². The number of amides is 3.